The highest BCUT2D eigenvalue weighted by atomic mass is 79.9. The fourth-order valence-corrected chi connectivity index (χ4v) is 1.95. The van der Waals surface area contributed by atoms with Gasteiger partial charge in [0.25, 0.3) is 0 Å². The minimum absolute atomic E-state index is 0.114. The van der Waals surface area contributed by atoms with Crippen molar-refractivity contribution in [2.24, 2.45) is 0 Å². The van der Waals surface area contributed by atoms with Gasteiger partial charge in [0.2, 0.25) is 0 Å². The van der Waals surface area contributed by atoms with Gasteiger partial charge in [-0.15, -0.1) is 0 Å². The highest BCUT2D eigenvalue weighted by molar-refractivity contribution is 9.10. The van der Waals surface area contributed by atoms with Gasteiger partial charge in [-0.1, -0.05) is 0 Å². The van der Waals surface area contributed by atoms with Crippen LogP contribution in [0, 0.1) is 0 Å². The van der Waals surface area contributed by atoms with E-state index in [1.165, 1.54) is 6.33 Å². The normalized spacial score (nSPS) is 18.3. The molecular formula is C9H13BrN4O. The number of rotatable bonds is 3. The van der Waals surface area contributed by atoms with Crippen LogP contribution in [-0.2, 0) is 0 Å². The summed E-state index contributed by atoms with van der Waals surface area (Å²) in [5.74, 6) is 1.05. The molecule has 82 valence electrons. The number of aliphatic hydroxyl groups is 1. The molecule has 1 aromatic heterocycles. The molecule has 0 radical (unpaired) electrons. The first-order valence-electron chi connectivity index (χ1n) is 4.82. The Morgan fingerprint density at radius 2 is 2.27 bits per heavy atom. The maximum absolute atomic E-state index is 9.31. The van der Waals surface area contributed by atoms with Gasteiger partial charge in [0, 0.05) is 0 Å². The Morgan fingerprint density at radius 1 is 1.53 bits per heavy atom. The summed E-state index contributed by atoms with van der Waals surface area (Å²) >= 11 is 3.32. The number of nitrogen functional groups attached to an aromatic ring is 1. The van der Waals surface area contributed by atoms with Crippen molar-refractivity contribution in [2.45, 2.75) is 24.8 Å². The third kappa shape index (κ3) is 1.91. The second-order valence-corrected chi connectivity index (χ2v) is 4.63. The van der Waals surface area contributed by atoms with Crippen LogP contribution in [0.25, 0.3) is 0 Å². The van der Waals surface area contributed by atoms with E-state index in [1.54, 1.807) is 0 Å². The predicted molar refractivity (Wildman–Crippen MR) is 61.4 cm³/mol. The summed E-state index contributed by atoms with van der Waals surface area (Å²) in [7, 11) is 0. The molecule has 1 heterocycles. The summed E-state index contributed by atoms with van der Waals surface area (Å²) in [6, 6.07) is 0. The zero-order valence-corrected chi connectivity index (χ0v) is 9.79. The molecule has 0 aromatic carbocycles. The van der Waals surface area contributed by atoms with Crippen LogP contribution in [0.15, 0.2) is 10.8 Å². The molecule has 1 fully saturated rings. The summed E-state index contributed by atoms with van der Waals surface area (Å²) < 4.78 is 0.657. The molecule has 0 spiro atoms. The van der Waals surface area contributed by atoms with Gasteiger partial charge in [0.05, 0.1) is 12.1 Å². The van der Waals surface area contributed by atoms with E-state index in [9.17, 15) is 5.11 Å². The molecule has 5 nitrogen and oxygen atoms in total. The first kappa shape index (κ1) is 10.6. The van der Waals surface area contributed by atoms with Gasteiger partial charge in [0.15, 0.2) is 0 Å². The Morgan fingerprint density at radius 3 is 2.80 bits per heavy atom. The van der Waals surface area contributed by atoms with E-state index >= 15 is 0 Å². The van der Waals surface area contributed by atoms with Crippen LogP contribution in [-0.4, -0.2) is 27.2 Å². The minimum atomic E-state index is -0.219. The van der Waals surface area contributed by atoms with E-state index in [-0.39, 0.29) is 12.1 Å². The van der Waals surface area contributed by atoms with E-state index in [2.05, 4.69) is 31.2 Å². The zero-order chi connectivity index (χ0) is 10.9. The van der Waals surface area contributed by atoms with E-state index in [4.69, 9.17) is 5.73 Å². The Kier molecular flexibility index (Phi) is 2.79. The summed E-state index contributed by atoms with van der Waals surface area (Å²) in [4.78, 5) is 7.95. The lowest BCUT2D eigenvalue weighted by Gasteiger charge is -2.41. The number of halogens is 1. The maximum Gasteiger partial charge on any atom is 0.146 e. The van der Waals surface area contributed by atoms with E-state index in [0.717, 1.165) is 19.3 Å². The van der Waals surface area contributed by atoms with Crippen LogP contribution in [0.3, 0.4) is 0 Å². The third-order valence-corrected chi connectivity index (χ3v) is 3.60. The van der Waals surface area contributed by atoms with Crippen molar-refractivity contribution in [1.29, 1.82) is 0 Å². The quantitative estimate of drug-likeness (QED) is 0.769. The average molecular weight is 273 g/mol. The highest BCUT2D eigenvalue weighted by Crippen LogP contribution is 2.36. The molecule has 0 unspecified atom stereocenters. The fraction of sp³-hybridized carbons (Fsp3) is 0.556. The number of hydrogen-bond donors (Lipinski definition) is 3. The molecular weight excluding hydrogens is 260 g/mol. The van der Waals surface area contributed by atoms with Gasteiger partial charge < -0.3 is 16.2 Å². The molecule has 1 aliphatic rings. The van der Waals surface area contributed by atoms with Crippen LogP contribution < -0.4 is 11.1 Å². The minimum Gasteiger partial charge on any atom is -0.394 e. The maximum atomic E-state index is 9.31. The number of aliphatic hydroxyl groups excluding tert-OH is 1. The number of anilines is 2. The van der Waals surface area contributed by atoms with Crippen LogP contribution >= 0.6 is 15.9 Å². The molecule has 0 bridgehead atoms. The van der Waals surface area contributed by atoms with Crippen molar-refractivity contribution in [3.05, 3.63) is 10.8 Å². The molecule has 4 N–H and O–H groups in total. The largest absolute Gasteiger partial charge is 0.394 e. The fourth-order valence-electron chi connectivity index (χ4n) is 1.65. The van der Waals surface area contributed by atoms with Gasteiger partial charge in [-0.25, -0.2) is 9.97 Å². The SMILES string of the molecule is Nc1ncnc(NC2(CO)CCC2)c1Br. The molecule has 6 heteroatoms. The van der Waals surface area contributed by atoms with E-state index in [0.29, 0.717) is 16.1 Å². The van der Waals surface area contributed by atoms with Crippen LogP contribution in [0.4, 0.5) is 11.6 Å². The Balaban J connectivity index is 2.20. The van der Waals surface area contributed by atoms with Crippen LogP contribution in [0.5, 0.6) is 0 Å². The van der Waals surface area contributed by atoms with Crippen molar-refractivity contribution in [3.63, 3.8) is 0 Å². The third-order valence-electron chi connectivity index (χ3n) is 2.81. The molecule has 2 rings (SSSR count). The topological polar surface area (TPSA) is 84.1 Å². The van der Waals surface area contributed by atoms with E-state index in [1.807, 2.05) is 0 Å². The lowest BCUT2D eigenvalue weighted by molar-refractivity contribution is 0.143. The van der Waals surface area contributed by atoms with Crippen molar-refractivity contribution in [3.8, 4) is 0 Å². The molecule has 0 saturated heterocycles. The molecule has 0 atom stereocenters. The van der Waals surface area contributed by atoms with Crippen molar-refractivity contribution in [1.82, 2.24) is 9.97 Å². The van der Waals surface area contributed by atoms with Crippen LogP contribution in [0.2, 0.25) is 0 Å². The summed E-state index contributed by atoms with van der Waals surface area (Å²) in [6.45, 7) is 0.114. The first-order chi connectivity index (χ1) is 7.17. The van der Waals surface area contributed by atoms with Gasteiger partial charge in [-0.3, -0.25) is 0 Å². The number of nitrogens with two attached hydrogens (primary N) is 1. The molecule has 15 heavy (non-hydrogen) atoms. The second kappa shape index (κ2) is 3.94. The number of nitrogens with one attached hydrogen (secondary N) is 1. The van der Waals surface area contributed by atoms with Gasteiger partial charge >= 0.3 is 0 Å². The second-order valence-electron chi connectivity index (χ2n) is 3.84. The first-order valence-corrected chi connectivity index (χ1v) is 5.61. The standard InChI is InChI=1S/C9H13BrN4O/c10-6-7(11)12-5-13-8(6)14-9(4-15)2-1-3-9/h5,15H,1-4H2,(H3,11,12,13,14). The highest BCUT2D eigenvalue weighted by Gasteiger charge is 2.37. The molecule has 0 amide bonds. The number of aromatic nitrogens is 2. The van der Waals surface area contributed by atoms with Gasteiger partial charge in [-0.2, -0.15) is 0 Å². The van der Waals surface area contributed by atoms with E-state index < -0.39 is 0 Å². The summed E-state index contributed by atoms with van der Waals surface area (Å²) in [5.41, 5.74) is 5.42. The monoisotopic (exact) mass is 272 g/mol. The van der Waals surface area contributed by atoms with Gasteiger partial charge in [-0.05, 0) is 35.2 Å². The molecule has 1 aromatic rings. The lowest BCUT2D eigenvalue weighted by atomic mass is 9.77. The summed E-state index contributed by atoms with van der Waals surface area (Å²) in [6.07, 6.45) is 4.46. The van der Waals surface area contributed by atoms with Crippen molar-refractivity contribution >= 4 is 27.6 Å². The molecule has 0 aliphatic heterocycles. The average Bonchev–Trinajstić information content (AvgIpc) is 2.18. The Labute approximate surface area is 96.2 Å². The molecule has 1 saturated carbocycles. The summed E-state index contributed by atoms with van der Waals surface area (Å²) in [5, 5.41) is 12.5. The van der Waals surface area contributed by atoms with Crippen molar-refractivity contribution < 1.29 is 5.11 Å². The Bertz CT molecular complexity index is 362. The van der Waals surface area contributed by atoms with Crippen LogP contribution in [0.1, 0.15) is 19.3 Å². The molecule has 1 aliphatic carbocycles. The zero-order valence-electron chi connectivity index (χ0n) is 8.20. The van der Waals surface area contributed by atoms with Gasteiger partial charge in [0.1, 0.15) is 22.4 Å². The van der Waals surface area contributed by atoms with Crippen molar-refractivity contribution in [2.75, 3.05) is 17.7 Å². The Hall–Kier alpha value is -0.880. The smallest absolute Gasteiger partial charge is 0.146 e. The number of hydrogen-bond acceptors (Lipinski definition) is 5. The lowest BCUT2D eigenvalue weighted by Crippen LogP contribution is -2.48. The predicted octanol–water partition coefficient (Wildman–Crippen LogP) is 1.15. The number of nitrogens with zero attached hydrogens (tertiary/aromatic N) is 2.